The largest absolute Gasteiger partial charge is 0.365 e. The van der Waals surface area contributed by atoms with Gasteiger partial charge >= 0.3 is 0 Å². The molecule has 33 heavy (non-hydrogen) atoms. The van der Waals surface area contributed by atoms with Gasteiger partial charge in [0.2, 0.25) is 5.91 Å². The fraction of sp³-hybridized carbons (Fsp3) is 0.429. The van der Waals surface area contributed by atoms with Crippen LogP contribution in [0.2, 0.25) is 0 Å². The maximum atomic E-state index is 13.5. The Hall–Kier alpha value is -3.02. The van der Waals surface area contributed by atoms with Gasteiger partial charge in [-0.1, -0.05) is 0 Å². The minimum atomic E-state index is -2.81. The molecule has 0 bridgehead atoms. The Morgan fingerprint density at radius 2 is 1.82 bits per heavy atom. The summed E-state index contributed by atoms with van der Waals surface area (Å²) in [5, 5.41) is 7.14. The van der Waals surface area contributed by atoms with Crippen molar-refractivity contribution in [3.63, 3.8) is 0 Å². The summed E-state index contributed by atoms with van der Waals surface area (Å²) in [4.78, 5) is 29.0. The van der Waals surface area contributed by atoms with Crippen LogP contribution in [0.25, 0.3) is 10.2 Å². The van der Waals surface area contributed by atoms with E-state index in [-0.39, 0.29) is 32.9 Å². The molecule has 0 unspecified atom stereocenters. The van der Waals surface area contributed by atoms with Crippen molar-refractivity contribution in [3.05, 3.63) is 39.7 Å². The number of halogens is 4. The van der Waals surface area contributed by atoms with Gasteiger partial charge in [-0.15, -0.1) is 11.3 Å². The molecule has 0 spiro atoms. The zero-order chi connectivity index (χ0) is 23.4. The second-order valence-electron chi connectivity index (χ2n) is 8.34. The highest BCUT2D eigenvalue weighted by Crippen LogP contribution is 2.48. The molecule has 2 saturated carbocycles. The van der Waals surface area contributed by atoms with E-state index in [0.29, 0.717) is 16.6 Å². The number of hydrogen-bond acceptors (Lipinski definition) is 5. The van der Waals surface area contributed by atoms with Gasteiger partial charge in [0, 0.05) is 11.3 Å². The maximum Gasteiger partial charge on any atom is 0.280 e. The first-order chi connectivity index (χ1) is 15.7. The van der Waals surface area contributed by atoms with Crippen LogP contribution in [0.3, 0.4) is 0 Å². The standard InChI is InChI=1S/C21H19F4N5O2S/c22-18(23)12-5-10(8-1-2-8)15-16(17(20(26)32)33-21(15)27-12)28-14(31)7-30-13(19(24)25)6-11(29-30)9-3-4-9/h5-6,8-9,18-19H,1-4,7H2,(H2,26,32)(H,28,31). The molecular formula is C21H19F4N5O2S. The SMILES string of the molecule is NC(=O)c1sc2nc(C(F)F)cc(C3CC3)c2c1NC(=O)Cn1nc(C2CC2)cc1C(F)F. The van der Waals surface area contributed by atoms with Gasteiger partial charge in [-0.2, -0.15) is 5.10 Å². The van der Waals surface area contributed by atoms with Crippen LogP contribution in [0.4, 0.5) is 23.2 Å². The second kappa shape index (κ2) is 8.08. The molecule has 12 heteroatoms. The van der Waals surface area contributed by atoms with Crippen LogP contribution >= 0.6 is 11.3 Å². The number of aromatic nitrogens is 3. The van der Waals surface area contributed by atoms with E-state index < -0.39 is 36.9 Å². The highest BCUT2D eigenvalue weighted by Gasteiger charge is 2.33. The summed E-state index contributed by atoms with van der Waals surface area (Å²) < 4.78 is 54.6. The van der Waals surface area contributed by atoms with Gasteiger partial charge in [-0.3, -0.25) is 14.3 Å². The van der Waals surface area contributed by atoms with Crippen molar-refractivity contribution < 1.29 is 27.2 Å². The number of fused-ring (bicyclic) bond motifs is 1. The van der Waals surface area contributed by atoms with Gasteiger partial charge in [0.05, 0.1) is 11.4 Å². The molecule has 0 saturated heterocycles. The van der Waals surface area contributed by atoms with Crippen LogP contribution in [-0.4, -0.2) is 26.6 Å². The fourth-order valence-electron chi connectivity index (χ4n) is 3.92. The summed E-state index contributed by atoms with van der Waals surface area (Å²) in [6.45, 7) is -0.497. The molecule has 2 aliphatic carbocycles. The average Bonchev–Trinajstić information content (AvgIpc) is 3.68. The summed E-state index contributed by atoms with van der Waals surface area (Å²) >= 11 is 0.819. The number of nitrogens with zero attached hydrogens (tertiary/aromatic N) is 3. The number of anilines is 1. The average molecular weight is 481 g/mol. The predicted octanol–water partition coefficient (Wildman–Crippen LogP) is 4.86. The van der Waals surface area contributed by atoms with E-state index in [1.54, 1.807) is 0 Å². The molecule has 2 amide bonds. The first kappa shape index (κ1) is 21.8. The molecule has 3 heterocycles. The van der Waals surface area contributed by atoms with Gasteiger partial charge in [-0.25, -0.2) is 22.5 Å². The maximum absolute atomic E-state index is 13.5. The van der Waals surface area contributed by atoms with Crippen molar-refractivity contribution in [1.82, 2.24) is 14.8 Å². The minimum absolute atomic E-state index is 0.0108. The van der Waals surface area contributed by atoms with Crippen molar-refractivity contribution >= 4 is 39.1 Å². The topological polar surface area (TPSA) is 103 Å². The van der Waals surface area contributed by atoms with Crippen LogP contribution in [0.5, 0.6) is 0 Å². The first-order valence-electron chi connectivity index (χ1n) is 10.4. The van der Waals surface area contributed by atoms with Gasteiger partial charge in [0.15, 0.2) is 0 Å². The Labute approximate surface area is 189 Å². The molecule has 2 fully saturated rings. The highest BCUT2D eigenvalue weighted by molar-refractivity contribution is 7.21. The molecule has 174 valence electrons. The van der Waals surface area contributed by atoms with Gasteiger partial charge in [0.1, 0.15) is 27.6 Å². The Balaban J connectivity index is 1.51. The number of nitrogens with two attached hydrogens (primary N) is 1. The van der Waals surface area contributed by atoms with E-state index in [4.69, 9.17) is 5.73 Å². The molecule has 0 radical (unpaired) electrons. The molecule has 3 aromatic rings. The van der Waals surface area contributed by atoms with Gasteiger partial charge in [-0.05, 0) is 49.3 Å². The van der Waals surface area contributed by atoms with Gasteiger partial charge < -0.3 is 11.1 Å². The van der Waals surface area contributed by atoms with E-state index in [2.05, 4.69) is 15.4 Å². The molecule has 5 rings (SSSR count). The summed E-state index contributed by atoms with van der Waals surface area (Å²) in [5.41, 5.74) is 5.88. The monoisotopic (exact) mass is 481 g/mol. The lowest BCUT2D eigenvalue weighted by Crippen LogP contribution is -2.23. The zero-order valence-electron chi connectivity index (χ0n) is 17.2. The van der Waals surface area contributed by atoms with Crippen molar-refractivity contribution in [3.8, 4) is 0 Å². The highest BCUT2D eigenvalue weighted by atomic mass is 32.1. The quantitative estimate of drug-likeness (QED) is 0.449. The molecule has 3 aromatic heterocycles. The normalized spacial score (nSPS) is 16.2. The number of alkyl halides is 4. The summed E-state index contributed by atoms with van der Waals surface area (Å²) in [6.07, 6.45) is -2.30. The lowest BCUT2D eigenvalue weighted by atomic mass is 10.0. The van der Waals surface area contributed by atoms with Crippen molar-refractivity contribution in [2.24, 2.45) is 5.73 Å². The van der Waals surface area contributed by atoms with Crippen LogP contribution in [-0.2, 0) is 11.3 Å². The Kier molecular flexibility index (Phi) is 5.34. The lowest BCUT2D eigenvalue weighted by molar-refractivity contribution is -0.117. The van der Waals surface area contributed by atoms with Crippen molar-refractivity contribution in [2.45, 2.75) is 56.9 Å². The number of hydrogen-bond donors (Lipinski definition) is 2. The number of rotatable bonds is 8. The summed E-state index contributed by atoms with van der Waals surface area (Å²) in [7, 11) is 0. The number of nitrogens with one attached hydrogen (secondary N) is 1. The van der Waals surface area contributed by atoms with E-state index in [1.807, 2.05) is 0 Å². The van der Waals surface area contributed by atoms with E-state index in [0.717, 1.165) is 41.7 Å². The third kappa shape index (κ3) is 4.19. The third-order valence-corrected chi connectivity index (χ3v) is 6.88. The molecule has 0 aromatic carbocycles. The number of carbonyl (C=O) groups is 2. The molecule has 0 aliphatic heterocycles. The Morgan fingerprint density at radius 3 is 2.39 bits per heavy atom. The fourth-order valence-corrected chi connectivity index (χ4v) is 4.94. The molecule has 2 aliphatic rings. The van der Waals surface area contributed by atoms with Gasteiger partial charge in [0.25, 0.3) is 18.8 Å². The molecular weight excluding hydrogens is 462 g/mol. The summed E-state index contributed by atoms with van der Waals surface area (Å²) in [5.74, 6) is -1.40. The van der Waals surface area contributed by atoms with E-state index in [1.165, 1.54) is 12.1 Å². The number of carbonyl (C=O) groups excluding carboxylic acids is 2. The molecule has 7 nitrogen and oxygen atoms in total. The second-order valence-corrected chi connectivity index (χ2v) is 9.34. The summed E-state index contributed by atoms with van der Waals surface area (Å²) in [6, 6.07) is 2.60. The van der Waals surface area contributed by atoms with E-state index in [9.17, 15) is 27.2 Å². The lowest BCUT2D eigenvalue weighted by Gasteiger charge is -2.11. The molecule has 0 atom stereocenters. The third-order valence-electron chi connectivity index (χ3n) is 5.78. The number of thiophene rings is 1. The zero-order valence-corrected chi connectivity index (χ0v) is 18.0. The number of pyridine rings is 1. The first-order valence-corrected chi connectivity index (χ1v) is 11.3. The Bertz CT molecular complexity index is 1260. The van der Waals surface area contributed by atoms with Crippen LogP contribution < -0.4 is 11.1 Å². The van der Waals surface area contributed by atoms with Crippen molar-refractivity contribution in [2.75, 3.05) is 5.32 Å². The smallest absolute Gasteiger partial charge is 0.280 e. The number of primary amides is 1. The van der Waals surface area contributed by atoms with E-state index >= 15 is 0 Å². The number of amides is 2. The van der Waals surface area contributed by atoms with Crippen LogP contribution in [0.15, 0.2) is 12.1 Å². The minimum Gasteiger partial charge on any atom is -0.365 e. The predicted molar refractivity (Wildman–Crippen MR) is 113 cm³/mol. The van der Waals surface area contributed by atoms with Crippen molar-refractivity contribution in [1.29, 1.82) is 0 Å². The van der Waals surface area contributed by atoms with Crippen LogP contribution in [0.1, 0.15) is 82.7 Å². The Morgan fingerprint density at radius 1 is 1.12 bits per heavy atom. The van der Waals surface area contributed by atoms with Crippen LogP contribution in [0, 0.1) is 0 Å². The molecule has 3 N–H and O–H groups in total.